The van der Waals surface area contributed by atoms with Crippen molar-refractivity contribution in [2.45, 2.75) is 20.4 Å². The summed E-state index contributed by atoms with van der Waals surface area (Å²) in [7, 11) is 0. The van der Waals surface area contributed by atoms with E-state index in [0.29, 0.717) is 23.1 Å². The predicted molar refractivity (Wildman–Crippen MR) is 70.9 cm³/mol. The van der Waals surface area contributed by atoms with Gasteiger partial charge in [-0.15, -0.1) is 0 Å². The zero-order valence-corrected chi connectivity index (χ0v) is 11.0. The Hall–Kier alpha value is -1.65. The van der Waals surface area contributed by atoms with Gasteiger partial charge in [-0.1, -0.05) is 11.6 Å². The topological polar surface area (TPSA) is 61.0 Å². The van der Waals surface area contributed by atoms with Crippen molar-refractivity contribution < 1.29 is 4.74 Å². The van der Waals surface area contributed by atoms with E-state index in [0.717, 1.165) is 16.9 Å². The fraction of sp³-hybridized carbons (Fsp3) is 0.231. The quantitative estimate of drug-likeness (QED) is 0.925. The van der Waals surface area contributed by atoms with Crippen LogP contribution in [0.2, 0.25) is 5.02 Å². The number of hydrogen-bond donors (Lipinski definition) is 1. The maximum Gasteiger partial charge on any atom is 0.238 e. The van der Waals surface area contributed by atoms with E-state index in [9.17, 15) is 0 Å². The first-order valence-electron chi connectivity index (χ1n) is 5.55. The number of nitrogens with two attached hydrogens (primary N) is 1. The van der Waals surface area contributed by atoms with Crippen molar-refractivity contribution in [3.05, 3.63) is 46.4 Å². The van der Waals surface area contributed by atoms with E-state index < -0.39 is 0 Å². The molecule has 0 fully saturated rings. The van der Waals surface area contributed by atoms with Crippen molar-refractivity contribution in [1.29, 1.82) is 0 Å². The van der Waals surface area contributed by atoms with Gasteiger partial charge in [-0.05, 0) is 37.1 Å². The summed E-state index contributed by atoms with van der Waals surface area (Å²) in [5.74, 6) is 1.19. The molecule has 18 heavy (non-hydrogen) atoms. The number of ether oxygens (including phenoxy) is 1. The molecule has 0 atom stereocenters. The Labute approximate surface area is 111 Å². The van der Waals surface area contributed by atoms with Crippen molar-refractivity contribution in [1.82, 2.24) is 9.97 Å². The zero-order chi connectivity index (χ0) is 13.1. The van der Waals surface area contributed by atoms with Crippen LogP contribution in [-0.4, -0.2) is 9.97 Å². The lowest BCUT2D eigenvalue weighted by Crippen LogP contribution is -2.02. The average molecular weight is 264 g/mol. The van der Waals surface area contributed by atoms with Crippen molar-refractivity contribution in [2.24, 2.45) is 5.73 Å². The Morgan fingerprint density at radius 1 is 1.22 bits per heavy atom. The van der Waals surface area contributed by atoms with E-state index in [-0.39, 0.29) is 0 Å². The van der Waals surface area contributed by atoms with Crippen LogP contribution in [0.5, 0.6) is 11.6 Å². The summed E-state index contributed by atoms with van der Waals surface area (Å²) < 4.78 is 5.75. The van der Waals surface area contributed by atoms with Crippen LogP contribution in [0.4, 0.5) is 0 Å². The van der Waals surface area contributed by atoms with Gasteiger partial charge < -0.3 is 10.5 Å². The second-order valence-corrected chi connectivity index (χ2v) is 4.46. The van der Waals surface area contributed by atoms with Gasteiger partial charge in [0.1, 0.15) is 5.75 Å². The highest BCUT2D eigenvalue weighted by Crippen LogP contribution is 2.30. The van der Waals surface area contributed by atoms with Crippen LogP contribution in [-0.2, 0) is 6.54 Å². The Bertz CT molecular complexity index is 549. The number of hydrogen-bond acceptors (Lipinski definition) is 4. The number of rotatable bonds is 3. The molecule has 2 rings (SSSR count). The third-order valence-electron chi connectivity index (χ3n) is 2.50. The van der Waals surface area contributed by atoms with Crippen molar-refractivity contribution >= 4 is 11.6 Å². The maximum atomic E-state index is 5.97. The molecule has 1 heterocycles. The van der Waals surface area contributed by atoms with E-state index in [1.54, 1.807) is 12.4 Å². The molecule has 5 heteroatoms. The molecular weight excluding hydrogens is 250 g/mol. The first kappa shape index (κ1) is 12.8. The monoisotopic (exact) mass is 263 g/mol. The summed E-state index contributed by atoms with van der Waals surface area (Å²) in [5, 5.41) is 0.694. The van der Waals surface area contributed by atoms with Crippen LogP contribution < -0.4 is 10.5 Å². The Morgan fingerprint density at radius 2 is 1.89 bits per heavy atom. The molecule has 0 saturated carbocycles. The predicted octanol–water partition coefficient (Wildman–Crippen LogP) is 3.00. The molecule has 0 amide bonds. The minimum absolute atomic E-state index is 0.336. The summed E-state index contributed by atoms with van der Waals surface area (Å²) >= 11 is 5.97. The smallest absolute Gasteiger partial charge is 0.238 e. The summed E-state index contributed by atoms with van der Waals surface area (Å²) in [5.41, 5.74) is 8.12. The average Bonchev–Trinajstić information content (AvgIpc) is 2.34. The fourth-order valence-electron chi connectivity index (χ4n) is 1.70. The number of halogens is 1. The largest absolute Gasteiger partial charge is 0.437 e. The van der Waals surface area contributed by atoms with Gasteiger partial charge in [0.2, 0.25) is 5.88 Å². The third-order valence-corrected chi connectivity index (χ3v) is 2.72. The summed E-state index contributed by atoms with van der Waals surface area (Å²) in [6, 6.07) is 3.70. The van der Waals surface area contributed by atoms with Crippen LogP contribution >= 0.6 is 11.6 Å². The second kappa shape index (κ2) is 5.33. The molecule has 0 aliphatic heterocycles. The maximum absolute atomic E-state index is 5.97. The van der Waals surface area contributed by atoms with E-state index in [2.05, 4.69) is 9.97 Å². The Balaban J connectivity index is 2.33. The molecule has 0 unspecified atom stereocenters. The van der Waals surface area contributed by atoms with E-state index in [4.69, 9.17) is 22.1 Å². The van der Waals surface area contributed by atoms with Crippen molar-refractivity contribution in [3.8, 4) is 11.6 Å². The third kappa shape index (κ3) is 2.78. The van der Waals surface area contributed by atoms with Crippen LogP contribution in [0.25, 0.3) is 0 Å². The number of aromatic nitrogens is 2. The molecule has 2 aromatic rings. The van der Waals surface area contributed by atoms with Gasteiger partial charge in [-0.3, -0.25) is 4.98 Å². The highest BCUT2D eigenvalue weighted by atomic mass is 35.5. The fourth-order valence-corrected chi connectivity index (χ4v) is 2.02. The molecule has 0 aliphatic carbocycles. The lowest BCUT2D eigenvalue weighted by Gasteiger charge is -2.11. The molecule has 0 saturated heterocycles. The lowest BCUT2D eigenvalue weighted by atomic mass is 10.1. The molecule has 0 spiro atoms. The molecule has 4 nitrogen and oxygen atoms in total. The summed E-state index contributed by atoms with van der Waals surface area (Å²) in [4.78, 5) is 8.28. The van der Waals surface area contributed by atoms with Crippen molar-refractivity contribution in [3.63, 3.8) is 0 Å². The first-order chi connectivity index (χ1) is 8.60. The number of benzene rings is 1. The molecule has 0 bridgehead atoms. The first-order valence-corrected chi connectivity index (χ1v) is 5.93. The summed E-state index contributed by atoms with van der Waals surface area (Å²) in [6.45, 7) is 4.21. The van der Waals surface area contributed by atoms with Gasteiger partial charge in [-0.2, -0.15) is 0 Å². The van der Waals surface area contributed by atoms with Gasteiger partial charge >= 0.3 is 0 Å². The standard InChI is InChI=1S/C13H14ClN3O/c1-8-3-10(14)4-9(2)13(8)18-12-7-16-6-11(5-15)17-12/h3-4,6-7H,5,15H2,1-2H3. The van der Waals surface area contributed by atoms with Crippen LogP contribution in [0.15, 0.2) is 24.5 Å². The Kier molecular flexibility index (Phi) is 3.79. The van der Waals surface area contributed by atoms with E-state index in [1.807, 2.05) is 26.0 Å². The molecule has 2 N–H and O–H groups in total. The number of aryl methyl sites for hydroxylation is 2. The SMILES string of the molecule is Cc1cc(Cl)cc(C)c1Oc1cncc(CN)n1. The highest BCUT2D eigenvalue weighted by Gasteiger charge is 2.08. The lowest BCUT2D eigenvalue weighted by molar-refractivity contribution is 0.451. The molecular formula is C13H14ClN3O. The summed E-state index contributed by atoms with van der Waals surface area (Å²) in [6.07, 6.45) is 3.18. The van der Waals surface area contributed by atoms with Gasteiger partial charge in [-0.25, -0.2) is 4.98 Å². The van der Waals surface area contributed by atoms with Gasteiger partial charge in [0, 0.05) is 17.8 Å². The normalized spacial score (nSPS) is 10.4. The van der Waals surface area contributed by atoms with Gasteiger partial charge in [0.25, 0.3) is 0 Å². The van der Waals surface area contributed by atoms with Gasteiger partial charge in [0.15, 0.2) is 0 Å². The second-order valence-electron chi connectivity index (χ2n) is 4.02. The molecule has 1 aromatic heterocycles. The van der Waals surface area contributed by atoms with E-state index >= 15 is 0 Å². The minimum Gasteiger partial charge on any atom is -0.437 e. The molecule has 1 aromatic carbocycles. The van der Waals surface area contributed by atoms with Crippen LogP contribution in [0.1, 0.15) is 16.8 Å². The minimum atomic E-state index is 0.336. The van der Waals surface area contributed by atoms with E-state index in [1.165, 1.54) is 0 Å². The van der Waals surface area contributed by atoms with Gasteiger partial charge in [0.05, 0.1) is 11.9 Å². The van der Waals surface area contributed by atoms with Crippen LogP contribution in [0.3, 0.4) is 0 Å². The zero-order valence-electron chi connectivity index (χ0n) is 10.3. The Morgan fingerprint density at radius 3 is 2.50 bits per heavy atom. The molecule has 0 aliphatic rings. The molecule has 0 radical (unpaired) electrons. The van der Waals surface area contributed by atoms with Crippen molar-refractivity contribution in [2.75, 3.05) is 0 Å². The highest BCUT2D eigenvalue weighted by molar-refractivity contribution is 6.30. The van der Waals surface area contributed by atoms with Crippen LogP contribution in [0, 0.1) is 13.8 Å². The molecule has 94 valence electrons. The number of nitrogens with zero attached hydrogens (tertiary/aromatic N) is 2.